The fourth-order valence-corrected chi connectivity index (χ4v) is 1.49. The first-order valence-corrected chi connectivity index (χ1v) is 5.17. The Kier molecular flexibility index (Phi) is 4.44. The first-order chi connectivity index (χ1) is 6.36. The summed E-state index contributed by atoms with van der Waals surface area (Å²) >= 11 is 0. The molecule has 0 aromatic rings. The first-order valence-electron chi connectivity index (χ1n) is 5.17. The molecule has 0 saturated heterocycles. The molecular formula is C11H20N2. The molecule has 0 aromatic heterocycles. The van der Waals surface area contributed by atoms with E-state index >= 15 is 0 Å². The summed E-state index contributed by atoms with van der Waals surface area (Å²) < 4.78 is 0. The Bertz CT molecular complexity index is 175. The monoisotopic (exact) mass is 180 g/mol. The molecule has 0 atom stereocenters. The van der Waals surface area contributed by atoms with Crippen molar-refractivity contribution in [3.05, 3.63) is 25.2 Å². The highest BCUT2D eigenvalue weighted by atomic mass is 15.3. The molecule has 0 amide bonds. The van der Waals surface area contributed by atoms with E-state index in [9.17, 15) is 0 Å². The highest BCUT2D eigenvalue weighted by Crippen LogP contribution is 2.08. The van der Waals surface area contributed by atoms with Gasteiger partial charge in [0, 0.05) is 18.9 Å². The summed E-state index contributed by atoms with van der Waals surface area (Å²) in [6.07, 6.45) is 11.4. The largest absolute Gasteiger partial charge is 0.358 e. The second-order valence-corrected chi connectivity index (χ2v) is 3.51. The highest BCUT2D eigenvalue weighted by Gasteiger charge is 2.07. The smallest absolute Gasteiger partial charge is 0.0935 e. The van der Waals surface area contributed by atoms with Crippen LogP contribution in [0.5, 0.6) is 0 Å². The SMILES string of the molecule is C=CN1C=CN(CCCCCC)C1. The summed E-state index contributed by atoms with van der Waals surface area (Å²) in [6.45, 7) is 8.14. The maximum atomic E-state index is 3.73. The molecule has 0 saturated carbocycles. The van der Waals surface area contributed by atoms with Crippen molar-refractivity contribution in [2.45, 2.75) is 32.6 Å². The van der Waals surface area contributed by atoms with E-state index in [-0.39, 0.29) is 0 Å². The standard InChI is InChI=1S/C11H20N2/c1-3-5-6-7-8-13-10-9-12(4-2)11-13/h4,9-10H,2-3,5-8,11H2,1H3. The fraction of sp³-hybridized carbons (Fsp3) is 0.636. The number of nitrogens with zero attached hydrogens (tertiary/aromatic N) is 2. The maximum Gasteiger partial charge on any atom is 0.0935 e. The molecule has 0 bridgehead atoms. The molecule has 0 aliphatic carbocycles. The van der Waals surface area contributed by atoms with Gasteiger partial charge in [0.1, 0.15) is 0 Å². The van der Waals surface area contributed by atoms with Gasteiger partial charge in [0.05, 0.1) is 6.67 Å². The normalized spacial score (nSPS) is 15.5. The Labute approximate surface area is 81.5 Å². The van der Waals surface area contributed by atoms with Crippen molar-refractivity contribution < 1.29 is 0 Å². The molecule has 1 heterocycles. The Balaban J connectivity index is 2.04. The zero-order valence-electron chi connectivity index (χ0n) is 8.58. The van der Waals surface area contributed by atoms with Gasteiger partial charge in [0.15, 0.2) is 0 Å². The van der Waals surface area contributed by atoms with Crippen molar-refractivity contribution in [2.24, 2.45) is 0 Å². The molecule has 2 heteroatoms. The van der Waals surface area contributed by atoms with Crippen LogP contribution in [0.15, 0.2) is 25.2 Å². The lowest BCUT2D eigenvalue weighted by atomic mass is 10.2. The van der Waals surface area contributed by atoms with Gasteiger partial charge in [-0.05, 0) is 12.6 Å². The van der Waals surface area contributed by atoms with E-state index in [0.717, 1.165) is 6.67 Å². The van der Waals surface area contributed by atoms with Gasteiger partial charge in [-0.2, -0.15) is 0 Å². The molecule has 0 aromatic carbocycles. The van der Waals surface area contributed by atoms with E-state index in [0.29, 0.717) is 0 Å². The number of unbranched alkanes of at least 4 members (excludes halogenated alkanes) is 3. The summed E-state index contributed by atoms with van der Waals surface area (Å²) in [4.78, 5) is 4.43. The lowest BCUT2D eigenvalue weighted by Crippen LogP contribution is -2.22. The molecule has 0 fully saturated rings. The minimum atomic E-state index is 0.982. The topological polar surface area (TPSA) is 6.48 Å². The molecule has 0 N–H and O–H groups in total. The summed E-state index contributed by atoms with van der Waals surface area (Å²) in [7, 11) is 0. The first kappa shape index (κ1) is 10.2. The lowest BCUT2D eigenvalue weighted by molar-refractivity contribution is 0.308. The minimum absolute atomic E-state index is 0.982. The van der Waals surface area contributed by atoms with Gasteiger partial charge in [-0.15, -0.1) is 0 Å². The van der Waals surface area contributed by atoms with Crippen molar-refractivity contribution >= 4 is 0 Å². The Hall–Kier alpha value is -0.920. The Morgan fingerprint density at radius 3 is 2.77 bits per heavy atom. The van der Waals surface area contributed by atoms with Crippen LogP contribution in [-0.4, -0.2) is 23.0 Å². The van der Waals surface area contributed by atoms with E-state index < -0.39 is 0 Å². The van der Waals surface area contributed by atoms with Crippen LogP contribution in [-0.2, 0) is 0 Å². The molecule has 13 heavy (non-hydrogen) atoms. The van der Waals surface area contributed by atoms with E-state index in [1.165, 1.54) is 32.2 Å². The lowest BCUT2D eigenvalue weighted by Gasteiger charge is -2.17. The van der Waals surface area contributed by atoms with E-state index in [1.807, 2.05) is 6.20 Å². The van der Waals surface area contributed by atoms with Crippen LogP contribution in [0, 0.1) is 0 Å². The van der Waals surface area contributed by atoms with Crippen LogP contribution in [0.2, 0.25) is 0 Å². The highest BCUT2D eigenvalue weighted by molar-refractivity contribution is 4.94. The third-order valence-electron chi connectivity index (χ3n) is 2.35. The van der Waals surface area contributed by atoms with Crippen molar-refractivity contribution in [1.82, 2.24) is 9.80 Å². The summed E-state index contributed by atoms with van der Waals surface area (Å²) in [6, 6.07) is 0. The molecule has 0 radical (unpaired) electrons. The maximum absolute atomic E-state index is 3.73. The van der Waals surface area contributed by atoms with E-state index in [2.05, 4.69) is 35.7 Å². The zero-order chi connectivity index (χ0) is 9.52. The quantitative estimate of drug-likeness (QED) is 0.580. The molecule has 2 nitrogen and oxygen atoms in total. The second kappa shape index (κ2) is 5.68. The molecule has 0 unspecified atom stereocenters. The van der Waals surface area contributed by atoms with Gasteiger partial charge < -0.3 is 9.80 Å². The van der Waals surface area contributed by atoms with Gasteiger partial charge in [-0.1, -0.05) is 32.8 Å². The van der Waals surface area contributed by atoms with Gasteiger partial charge in [-0.25, -0.2) is 0 Å². The molecular weight excluding hydrogens is 160 g/mol. The summed E-state index contributed by atoms with van der Waals surface area (Å²) in [5.74, 6) is 0. The van der Waals surface area contributed by atoms with Crippen LogP contribution in [0.4, 0.5) is 0 Å². The van der Waals surface area contributed by atoms with Crippen LogP contribution < -0.4 is 0 Å². The average molecular weight is 180 g/mol. The third-order valence-corrected chi connectivity index (χ3v) is 2.35. The predicted octanol–water partition coefficient (Wildman–Crippen LogP) is 2.76. The summed E-state index contributed by atoms with van der Waals surface area (Å²) in [5.41, 5.74) is 0. The van der Waals surface area contributed by atoms with Crippen LogP contribution in [0.3, 0.4) is 0 Å². The molecule has 74 valence electrons. The Morgan fingerprint density at radius 1 is 1.31 bits per heavy atom. The predicted molar refractivity (Wildman–Crippen MR) is 56.9 cm³/mol. The number of hydrogen-bond donors (Lipinski definition) is 0. The van der Waals surface area contributed by atoms with Crippen LogP contribution >= 0.6 is 0 Å². The van der Waals surface area contributed by atoms with Crippen molar-refractivity contribution in [2.75, 3.05) is 13.2 Å². The van der Waals surface area contributed by atoms with Gasteiger partial charge in [0.2, 0.25) is 0 Å². The third kappa shape index (κ3) is 3.53. The van der Waals surface area contributed by atoms with Crippen molar-refractivity contribution in [1.29, 1.82) is 0 Å². The molecule has 1 rings (SSSR count). The molecule has 0 spiro atoms. The molecule has 1 aliphatic rings. The summed E-state index contributed by atoms with van der Waals surface area (Å²) in [5, 5.41) is 0. The Morgan fingerprint density at radius 2 is 2.15 bits per heavy atom. The van der Waals surface area contributed by atoms with Crippen molar-refractivity contribution in [3.63, 3.8) is 0 Å². The van der Waals surface area contributed by atoms with Crippen LogP contribution in [0.25, 0.3) is 0 Å². The average Bonchev–Trinajstić information content (AvgIpc) is 2.60. The van der Waals surface area contributed by atoms with E-state index in [1.54, 1.807) is 0 Å². The van der Waals surface area contributed by atoms with Gasteiger partial charge >= 0.3 is 0 Å². The number of hydrogen-bond acceptors (Lipinski definition) is 2. The van der Waals surface area contributed by atoms with Gasteiger partial charge in [-0.3, -0.25) is 0 Å². The van der Waals surface area contributed by atoms with Crippen LogP contribution in [0.1, 0.15) is 32.6 Å². The molecule has 1 aliphatic heterocycles. The number of rotatable bonds is 6. The van der Waals surface area contributed by atoms with E-state index in [4.69, 9.17) is 0 Å². The van der Waals surface area contributed by atoms with Crippen molar-refractivity contribution in [3.8, 4) is 0 Å². The second-order valence-electron chi connectivity index (χ2n) is 3.51. The fourth-order valence-electron chi connectivity index (χ4n) is 1.49. The minimum Gasteiger partial charge on any atom is -0.358 e. The zero-order valence-corrected chi connectivity index (χ0v) is 8.58. The van der Waals surface area contributed by atoms with Gasteiger partial charge in [0.25, 0.3) is 0 Å².